The van der Waals surface area contributed by atoms with Crippen molar-refractivity contribution in [2.75, 3.05) is 43.9 Å². The molecule has 1 unspecified atom stereocenters. The normalized spacial score (nSPS) is 16.9. The van der Waals surface area contributed by atoms with E-state index in [0.29, 0.717) is 17.0 Å². The Bertz CT molecular complexity index is 801. The smallest absolute Gasteiger partial charge is 0.144 e. The van der Waals surface area contributed by atoms with E-state index >= 15 is 0 Å². The molecule has 7 nitrogen and oxygen atoms in total. The number of terminal acetylenes is 1. The van der Waals surface area contributed by atoms with Crippen LogP contribution in [0.25, 0.3) is 5.57 Å². The first-order valence-corrected chi connectivity index (χ1v) is 10.1. The minimum atomic E-state index is -0.183. The number of benzene rings is 1. The first-order chi connectivity index (χ1) is 13.6. The summed E-state index contributed by atoms with van der Waals surface area (Å²) in [5.41, 5.74) is 14.8. The molecule has 2 rings (SSSR count). The second kappa shape index (κ2) is 11.2. The molecule has 0 amide bonds. The number of anilines is 1. The van der Waals surface area contributed by atoms with Gasteiger partial charge in [-0.2, -0.15) is 11.8 Å². The Morgan fingerprint density at radius 2 is 2.21 bits per heavy atom. The molecule has 0 aromatic heterocycles. The molecule has 1 aromatic rings. The standard InChI is InChI=1S/C20H27N7S/c1-3-20(27-6-8-28-9-7-27)26-14-25-13-19(23)17-10-15(4-5-18(17)22)16(11-21)12-24-2/h1,4-5,10-12,14,20,23H,6-9,13,21-22H2,2H3,(H,25,26). The highest BCUT2D eigenvalue weighted by Gasteiger charge is 2.17. The number of thioether (sulfide) groups is 1. The van der Waals surface area contributed by atoms with E-state index in [1.54, 1.807) is 25.7 Å². The van der Waals surface area contributed by atoms with E-state index in [1.165, 1.54) is 6.20 Å². The van der Waals surface area contributed by atoms with Gasteiger partial charge < -0.3 is 22.2 Å². The van der Waals surface area contributed by atoms with Crippen molar-refractivity contribution in [3.8, 4) is 12.3 Å². The van der Waals surface area contributed by atoms with E-state index in [-0.39, 0.29) is 12.7 Å². The second-order valence-corrected chi connectivity index (χ2v) is 7.37. The van der Waals surface area contributed by atoms with Crippen LogP contribution in [0.5, 0.6) is 0 Å². The molecule has 0 bridgehead atoms. The molecule has 148 valence electrons. The number of nitrogen functional groups attached to an aromatic ring is 1. The van der Waals surface area contributed by atoms with Gasteiger partial charge in [-0.15, -0.1) is 6.42 Å². The fraction of sp³-hybridized carbons (Fsp3) is 0.350. The monoisotopic (exact) mass is 397 g/mol. The van der Waals surface area contributed by atoms with Crippen LogP contribution < -0.4 is 16.8 Å². The molecule has 1 aromatic carbocycles. The average molecular weight is 398 g/mol. The topological polar surface area (TPSA) is 116 Å². The molecule has 0 spiro atoms. The van der Waals surface area contributed by atoms with E-state index < -0.39 is 0 Å². The van der Waals surface area contributed by atoms with Crippen molar-refractivity contribution >= 4 is 41.3 Å². The fourth-order valence-corrected chi connectivity index (χ4v) is 3.72. The van der Waals surface area contributed by atoms with E-state index in [9.17, 15) is 0 Å². The zero-order valence-electron chi connectivity index (χ0n) is 16.1. The van der Waals surface area contributed by atoms with Gasteiger partial charge in [-0.1, -0.05) is 12.0 Å². The number of nitrogens with two attached hydrogens (primary N) is 2. The molecule has 0 saturated carbocycles. The van der Waals surface area contributed by atoms with Crippen molar-refractivity contribution in [3.05, 3.63) is 35.5 Å². The molecule has 6 N–H and O–H groups in total. The molecule has 1 aliphatic heterocycles. The van der Waals surface area contributed by atoms with Crippen LogP contribution in [-0.4, -0.2) is 67.5 Å². The Hall–Kier alpha value is -2.76. The van der Waals surface area contributed by atoms with Gasteiger partial charge in [0.1, 0.15) is 6.17 Å². The second-order valence-electron chi connectivity index (χ2n) is 6.14. The third-order valence-electron chi connectivity index (χ3n) is 4.30. The first kappa shape index (κ1) is 21.5. The highest BCUT2D eigenvalue weighted by molar-refractivity contribution is 7.99. The van der Waals surface area contributed by atoms with Crippen molar-refractivity contribution in [2.24, 2.45) is 15.7 Å². The summed E-state index contributed by atoms with van der Waals surface area (Å²) in [5.74, 6) is 4.91. The quantitative estimate of drug-likeness (QED) is 0.228. The Kier molecular flexibility index (Phi) is 8.59. The van der Waals surface area contributed by atoms with E-state index in [0.717, 1.165) is 35.7 Å². The van der Waals surface area contributed by atoms with Crippen LogP contribution in [0.3, 0.4) is 0 Å². The lowest BCUT2D eigenvalue weighted by Gasteiger charge is -2.30. The van der Waals surface area contributed by atoms with Gasteiger partial charge in [0.05, 0.1) is 18.6 Å². The predicted molar refractivity (Wildman–Crippen MR) is 122 cm³/mol. The molecule has 1 heterocycles. The summed E-state index contributed by atoms with van der Waals surface area (Å²) in [6.07, 6.45) is 10.2. The van der Waals surface area contributed by atoms with Crippen LogP contribution in [0.2, 0.25) is 0 Å². The van der Waals surface area contributed by atoms with Crippen LogP contribution in [0.4, 0.5) is 5.69 Å². The summed E-state index contributed by atoms with van der Waals surface area (Å²) in [4.78, 5) is 10.5. The number of aliphatic imine (C=N–C) groups is 2. The average Bonchev–Trinajstić information content (AvgIpc) is 2.73. The van der Waals surface area contributed by atoms with Crippen LogP contribution in [0, 0.1) is 17.8 Å². The summed E-state index contributed by atoms with van der Waals surface area (Å²) < 4.78 is 0. The van der Waals surface area contributed by atoms with Crippen molar-refractivity contribution in [1.29, 1.82) is 5.41 Å². The number of nitrogens with zero attached hydrogens (tertiary/aromatic N) is 3. The Morgan fingerprint density at radius 3 is 2.86 bits per heavy atom. The lowest BCUT2D eigenvalue weighted by molar-refractivity contribution is 0.249. The van der Waals surface area contributed by atoms with E-state index in [4.69, 9.17) is 23.3 Å². The van der Waals surface area contributed by atoms with E-state index in [1.807, 2.05) is 23.9 Å². The van der Waals surface area contributed by atoms with Gasteiger partial charge in [0, 0.05) is 60.9 Å². The molecule has 1 fully saturated rings. The van der Waals surface area contributed by atoms with Gasteiger partial charge in [0.15, 0.2) is 0 Å². The summed E-state index contributed by atoms with van der Waals surface area (Å²) >= 11 is 1.93. The highest BCUT2D eigenvalue weighted by Crippen LogP contribution is 2.20. The maximum Gasteiger partial charge on any atom is 0.144 e. The summed E-state index contributed by atoms with van der Waals surface area (Å²) in [6.45, 7) is 2.10. The third kappa shape index (κ3) is 5.87. The minimum Gasteiger partial charge on any atom is -0.404 e. The molecule has 1 atom stereocenters. The Balaban J connectivity index is 2.00. The van der Waals surface area contributed by atoms with Crippen molar-refractivity contribution in [3.63, 3.8) is 0 Å². The van der Waals surface area contributed by atoms with Gasteiger partial charge in [0.25, 0.3) is 0 Å². The highest BCUT2D eigenvalue weighted by atomic mass is 32.2. The van der Waals surface area contributed by atoms with Crippen LogP contribution in [0.15, 0.2) is 34.4 Å². The number of allylic oxidation sites excluding steroid dienone is 1. The molecule has 0 radical (unpaired) electrons. The lowest BCUT2D eigenvalue weighted by Crippen LogP contribution is -2.48. The number of hydrogen-bond acceptors (Lipinski definition) is 7. The summed E-state index contributed by atoms with van der Waals surface area (Å²) in [5, 5.41) is 11.5. The van der Waals surface area contributed by atoms with Gasteiger partial charge in [0.2, 0.25) is 0 Å². The third-order valence-corrected chi connectivity index (χ3v) is 5.24. The van der Waals surface area contributed by atoms with Gasteiger partial charge in [-0.25, -0.2) is 0 Å². The zero-order chi connectivity index (χ0) is 20.4. The molecule has 8 heteroatoms. The number of rotatable bonds is 8. The molecular formula is C20H27N7S. The van der Waals surface area contributed by atoms with Gasteiger partial charge in [-0.05, 0) is 17.7 Å². The largest absolute Gasteiger partial charge is 0.404 e. The molecule has 0 aliphatic carbocycles. The van der Waals surface area contributed by atoms with E-state index in [2.05, 4.69) is 26.1 Å². The minimum absolute atomic E-state index is 0.183. The SMILES string of the molecule is C#CC(NC=NCC(=N)c1cc(C(C=NC)=CN)ccc1N)N1CCSCC1. The van der Waals surface area contributed by atoms with Crippen molar-refractivity contribution in [1.82, 2.24) is 10.2 Å². The molecular weight excluding hydrogens is 370 g/mol. The molecule has 1 saturated heterocycles. The Labute approximate surface area is 170 Å². The zero-order valence-corrected chi connectivity index (χ0v) is 16.9. The first-order valence-electron chi connectivity index (χ1n) is 8.94. The van der Waals surface area contributed by atoms with Gasteiger partial charge >= 0.3 is 0 Å². The molecule has 1 aliphatic rings. The number of hydrogen-bond donors (Lipinski definition) is 4. The predicted octanol–water partition coefficient (Wildman–Crippen LogP) is 1.26. The van der Waals surface area contributed by atoms with Crippen molar-refractivity contribution < 1.29 is 0 Å². The maximum absolute atomic E-state index is 8.33. The van der Waals surface area contributed by atoms with Crippen LogP contribution >= 0.6 is 11.8 Å². The van der Waals surface area contributed by atoms with Crippen LogP contribution in [0.1, 0.15) is 11.1 Å². The fourth-order valence-electron chi connectivity index (χ4n) is 2.79. The number of nitrogens with one attached hydrogen (secondary N) is 2. The maximum atomic E-state index is 8.33. The lowest BCUT2D eigenvalue weighted by atomic mass is 10.0. The van der Waals surface area contributed by atoms with Crippen LogP contribution in [-0.2, 0) is 0 Å². The summed E-state index contributed by atoms with van der Waals surface area (Å²) in [7, 11) is 1.68. The summed E-state index contributed by atoms with van der Waals surface area (Å²) in [6, 6.07) is 5.44. The van der Waals surface area contributed by atoms with Crippen molar-refractivity contribution in [2.45, 2.75) is 6.17 Å². The molecule has 28 heavy (non-hydrogen) atoms. The van der Waals surface area contributed by atoms with Gasteiger partial charge in [-0.3, -0.25) is 14.9 Å². The Morgan fingerprint density at radius 1 is 1.46 bits per heavy atom.